The lowest BCUT2D eigenvalue weighted by Gasteiger charge is -2.36. The molecule has 0 radical (unpaired) electrons. The van der Waals surface area contributed by atoms with Crippen molar-refractivity contribution in [2.75, 3.05) is 13.2 Å². The third-order valence-corrected chi connectivity index (χ3v) is 4.92. The Morgan fingerprint density at radius 3 is 2.75 bits per heavy atom. The van der Waals surface area contributed by atoms with Gasteiger partial charge in [0.1, 0.15) is 5.50 Å². The van der Waals surface area contributed by atoms with Crippen molar-refractivity contribution in [2.45, 2.75) is 43.4 Å². The highest BCUT2D eigenvalue weighted by molar-refractivity contribution is 6.20. The zero-order valence-corrected chi connectivity index (χ0v) is 12.1. The molecule has 4 rings (SSSR count). The number of nitrogens with zero attached hydrogens (tertiary/aromatic N) is 3. The maximum Gasteiger partial charge on any atom is 0.168 e. The Labute approximate surface area is 122 Å². The molecule has 1 unspecified atom stereocenters. The molecule has 108 valence electrons. The van der Waals surface area contributed by atoms with Crippen LogP contribution < -0.4 is 0 Å². The first-order valence-corrected chi connectivity index (χ1v) is 7.72. The predicted molar refractivity (Wildman–Crippen MR) is 75.4 cm³/mol. The van der Waals surface area contributed by atoms with Gasteiger partial charge in [0.05, 0.1) is 19.4 Å². The fourth-order valence-electron chi connectivity index (χ4n) is 3.50. The van der Waals surface area contributed by atoms with Gasteiger partial charge in [-0.3, -0.25) is 0 Å². The first-order chi connectivity index (χ1) is 9.76. The maximum atomic E-state index is 6.39. The van der Waals surface area contributed by atoms with Crippen LogP contribution >= 0.6 is 11.6 Å². The molecule has 0 N–H and O–H groups in total. The van der Waals surface area contributed by atoms with Crippen molar-refractivity contribution in [2.24, 2.45) is 10.9 Å². The Morgan fingerprint density at radius 2 is 2.00 bits per heavy atom. The highest BCUT2D eigenvalue weighted by atomic mass is 35.5. The van der Waals surface area contributed by atoms with E-state index in [4.69, 9.17) is 26.1 Å². The summed E-state index contributed by atoms with van der Waals surface area (Å²) in [4.78, 5) is 4.75. The number of rotatable bonds is 1. The smallest absolute Gasteiger partial charge is 0.168 e. The third-order valence-electron chi connectivity index (χ3n) is 4.58. The number of fused-ring (bicyclic) bond motifs is 1. The van der Waals surface area contributed by atoms with E-state index in [0.717, 1.165) is 51.1 Å². The van der Waals surface area contributed by atoms with Gasteiger partial charge in [-0.1, -0.05) is 11.6 Å². The molecule has 1 aromatic heterocycles. The molecule has 20 heavy (non-hydrogen) atoms. The molecule has 0 bridgehead atoms. The lowest BCUT2D eigenvalue weighted by atomic mass is 9.81. The molecule has 1 atom stereocenters. The number of aliphatic imine (C=N–C) groups is 1. The molecule has 1 aromatic rings. The van der Waals surface area contributed by atoms with E-state index in [9.17, 15) is 0 Å². The van der Waals surface area contributed by atoms with E-state index in [-0.39, 0.29) is 11.3 Å². The zero-order valence-electron chi connectivity index (χ0n) is 11.3. The van der Waals surface area contributed by atoms with Crippen LogP contribution in [0.2, 0.25) is 0 Å². The van der Waals surface area contributed by atoms with Crippen molar-refractivity contribution in [1.29, 1.82) is 0 Å². The van der Waals surface area contributed by atoms with Gasteiger partial charge in [0.15, 0.2) is 11.6 Å². The summed E-state index contributed by atoms with van der Waals surface area (Å²) < 4.78 is 13.3. The van der Waals surface area contributed by atoms with Gasteiger partial charge in [-0.2, -0.15) is 5.10 Å². The standard InChI is InChI=1S/C14H18ClN3O2/c15-12-9-11(17-13-3-6-16-18(12)13)10-1-4-14(5-2-10)19-7-8-20-14/h3,6,10,12H,1-2,4-5,7-9H2. The van der Waals surface area contributed by atoms with Crippen molar-refractivity contribution in [3.05, 3.63) is 12.3 Å². The summed E-state index contributed by atoms with van der Waals surface area (Å²) in [6.07, 6.45) is 6.60. The van der Waals surface area contributed by atoms with Crippen LogP contribution in [0.4, 0.5) is 5.82 Å². The number of hydrogen-bond donors (Lipinski definition) is 0. The van der Waals surface area contributed by atoms with Gasteiger partial charge in [-0.05, 0) is 18.8 Å². The summed E-state index contributed by atoms with van der Waals surface area (Å²) in [7, 11) is 0. The highest BCUT2D eigenvalue weighted by Crippen LogP contribution is 2.41. The Kier molecular flexibility index (Phi) is 3.09. The lowest BCUT2D eigenvalue weighted by Crippen LogP contribution is -2.37. The molecule has 2 aliphatic heterocycles. The van der Waals surface area contributed by atoms with Crippen molar-refractivity contribution in [3.8, 4) is 0 Å². The Balaban J connectivity index is 1.50. The Morgan fingerprint density at radius 1 is 1.25 bits per heavy atom. The summed E-state index contributed by atoms with van der Waals surface area (Å²) in [6.45, 7) is 1.46. The number of ether oxygens (including phenoxy) is 2. The summed E-state index contributed by atoms with van der Waals surface area (Å²) >= 11 is 6.39. The summed E-state index contributed by atoms with van der Waals surface area (Å²) in [5.74, 6) is 1.08. The van der Waals surface area contributed by atoms with Gasteiger partial charge in [-0.25, -0.2) is 9.67 Å². The largest absolute Gasteiger partial charge is 0.348 e. The van der Waals surface area contributed by atoms with Crippen LogP contribution in [0.15, 0.2) is 17.3 Å². The maximum absolute atomic E-state index is 6.39. The van der Waals surface area contributed by atoms with Gasteiger partial charge >= 0.3 is 0 Å². The van der Waals surface area contributed by atoms with E-state index in [1.54, 1.807) is 10.9 Å². The SMILES string of the molecule is ClC1CC(C2CCC3(CC2)OCCO3)=Nc2ccnn21. The van der Waals surface area contributed by atoms with Crippen molar-refractivity contribution in [1.82, 2.24) is 9.78 Å². The van der Waals surface area contributed by atoms with Gasteiger partial charge < -0.3 is 9.47 Å². The molecule has 5 nitrogen and oxygen atoms in total. The minimum atomic E-state index is -0.298. The molecule has 6 heteroatoms. The molecule has 3 heterocycles. The van der Waals surface area contributed by atoms with Crippen LogP contribution in [-0.4, -0.2) is 34.5 Å². The molecule has 0 aromatic carbocycles. The van der Waals surface area contributed by atoms with Crippen LogP contribution in [0.25, 0.3) is 0 Å². The second-order valence-corrected chi connectivity index (χ2v) is 6.26. The third kappa shape index (κ3) is 2.08. The Bertz CT molecular complexity index is 526. The molecular weight excluding hydrogens is 278 g/mol. The van der Waals surface area contributed by atoms with Gasteiger partial charge in [0.25, 0.3) is 0 Å². The highest BCUT2D eigenvalue weighted by Gasteiger charge is 2.41. The summed E-state index contributed by atoms with van der Waals surface area (Å²) in [6, 6.07) is 1.92. The van der Waals surface area contributed by atoms with Gasteiger partial charge in [-0.15, -0.1) is 0 Å². The van der Waals surface area contributed by atoms with Crippen LogP contribution in [0.3, 0.4) is 0 Å². The number of aromatic nitrogens is 2. The first-order valence-electron chi connectivity index (χ1n) is 7.29. The molecule has 0 amide bonds. The van der Waals surface area contributed by atoms with Gasteiger partial charge in [0, 0.05) is 31.0 Å². The van der Waals surface area contributed by atoms with Crippen molar-refractivity contribution < 1.29 is 9.47 Å². The van der Waals surface area contributed by atoms with E-state index < -0.39 is 0 Å². The van der Waals surface area contributed by atoms with E-state index in [2.05, 4.69) is 5.10 Å². The fraction of sp³-hybridized carbons (Fsp3) is 0.714. The minimum absolute atomic E-state index is 0.109. The average Bonchev–Trinajstić information content (AvgIpc) is 3.09. The predicted octanol–water partition coefficient (Wildman–Crippen LogP) is 3.03. The topological polar surface area (TPSA) is 48.6 Å². The minimum Gasteiger partial charge on any atom is -0.348 e. The Hall–Kier alpha value is -0.910. The molecule has 3 aliphatic rings. The van der Waals surface area contributed by atoms with E-state index in [1.165, 1.54) is 5.71 Å². The lowest BCUT2D eigenvalue weighted by molar-refractivity contribution is -0.179. The molecule has 2 fully saturated rings. The molecule has 1 aliphatic carbocycles. The quantitative estimate of drug-likeness (QED) is 0.748. The number of hydrogen-bond acceptors (Lipinski definition) is 4. The van der Waals surface area contributed by atoms with Crippen molar-refractivity contribution >= 4 is 23.1 Å². The second-order valence-electron chi connectivity index (χ2n) is 5.76. The molecule has 1 spiro atoms. The average molecular weight is 296 g/mol. The summed E-state index contributed by atoms with van der Waals surface area (Å²) in [5.41, 5.74) is 1.10. The molecular formula is C14H18ClN3O2. The fourth-order valence-corrected chi connectivity index (χ4v) is 3.81. The number of alkyl halides is 1. The van der Waals surface area contributed by atoms with Crippen molar-refractivity contribution in [3.63, 3.8) is 0 Å². The van der Waals surface area contributed by atoms with Gasteiger partial charge in [0.2, 0.25) is 0 Å². The van der Waals surface area contributed by atoms with Crippen LogP contribution in [0, 0.1) is 5.92 Å². The second kappa shape index (κ2) is 4.83. The van der Waals surface area contributed by atoms with E-state index in [0.29, 0.717) is 5.92 Å². The first kappa shape index (κ1) is 12.8. The number of halogens is 1. The molecule has 1 saturated heterocycles. The van der Waals surface area contributed by atoms with Crippen LogP contribution in [-0.2, 0) is 9.47 Å². The van der Waals surface area contributed by atoms with Crippen LogP contribution in [0.1, 0.15) is 37.6 Å². The van der Waals surface area contributed by atoms with E-state index >= 15 is 0 Å². The zero-order chi connectivity index (χ0) is 13.6. The monoisotopic (exact) mass is 295 g/mol. The van der Waals surface area contributed by atoms with Crippen LogP contribution in [0.5, 0.6) is 0 Å². The van der Waals surface area contributed by atoms with E-state index in [1.807, 2.05) is 6.07 Å². The molecule has 1 saturated carbocycles. The normalized spacial score (nSPS) is 29.4. The summed E-state index contributed by atoms with van der Waals surface area (Å²) in [5, 5.41) is 4.21.